The SMILES string of the molecule is Cc1ccc(CCNC(=O)N2CCn3nc(-c4cccc(F)c4)c(C(N)=O)c3C2)cc1. The Morgan fingerprint density at radius 3 is 2.65 bits per heavy atom. The maximum absolute atomic E-state index is 13.7. The number of fused-ring (bicyclic) bond motifs is 1. The van der Waals surface area contributed by atoms with E-state index < -0.39 is 11.7 Å². The number of halogens is 1. The Balaban J connectivity index is 1.48. The molecule has 160 valence electrons. The molecule has 0 atom stereocenters. The minimum atomic E-state index is -0.651. The summed E-state index contributed by atoms with van der Waals surface area (Å²) < 4.78 is 15.4. The average Bonchev–Trinajstić information content (AvgIpc) is 3.14. The number of hydrogen-bond acceptors (Lipinski definition) is 3. The van der Waals surface area contributed by atoms with Crippen molar-refractivity contribution in [2.75, 3.05) is 13.1 Å². The van der Waals surface area contributed by atoms with E-state index in [1.54, 1.807) is 21.7 Å². The van der Waals surface area contributed by atoms with Crippen LogP contribution >= 0.6 is 0 Å². The fourth-order valence-corrected chi connectivity index (χ4v) is 3.77. The fraction of sp³-hybridized carbons (Fsp3) is 0.261. The van der Waals surface area contributed by atoms with Crippen LogP contribution in [0.4, 0.5) is 9.18 Å². The number of urea groups is 1. The molecule has 1 aromatic heterocycles. The topological polar surface area (TPSA) is 93.2 Å². The molecule has 0 aliphatic carbocycles. The summed E-state index contributed by atoms with van der Waals surface area (Å²) in [5.41, 5.74) is 9.58. The molecule has 31 heavy (non-hydrogen) atoms. The molecule has 3 aromatic rings. The van der Waals surface area contributed by atoms with Gasteiger partial charge in [-0.05, 0) is 31.0 Å². The van der Waals surface area contributed by atoms with Gasteiger partial charge in [0.1, 0.15) is 11.5 Å². The maximum atomic E-state index is 13.7. The average molecular weight is 421 g/mol. The molecule has 0 fully saturated rings. The predicted molar refractivity (Wildman–Crippen MR) is 115 cm³/mol. The molecule has 0 radical (unpaired) electrons. The first kappa shape index (κ1) is 20.6. The number of aryl methyl sites for hydroxylation is 1. The van der Waals surface area contributed by atoms with Crippen molar-refractivity contribution in [3.63, 3.8) is 0 Å². The Hall–Kier alpha value is -3.68. The highest BCUT2D eigenvalue weighted by molar-refractivity contribution is 6.00. The van der Waals surface area contributed by atoms with Gasteiger partial charge in [0.2, 0.25) is 0 Å². The minimum Gasteiger partial charge on any atom is -0.365 e. The smallest absolute Gasteiger partial charge is 0.317 e. The van der Waals surface area contributed by atoms with Gasteiger partial charge >= 0.3 is 6.03 Å². The Morgan fingerprint density at radius 2 is 1.94 bits per heavy atom. The largest absolute Gasteiger partial charge is 0.365 e. The van der Waals surface area contributed by atoms with Crippen molar-refractivity contribution >= 4 is 11.9 Å². The van der Waals surface area contributed by atoms with Gasteiger partial charge < -0.3 is 16.0 Å². The van der Waals surface area contributed by atoms with Gasteiger partial charge in [-0.2, -0.15) is 5.10 Å². The van der Waals surface area contributed by atoms with Crippen LogP contribution in [0.2, 0.25) is 0 Å². The monoisotopic (exact) mass is 421 g/mol. The number of rotatable bonds is 5. The summed E-state index contributed by atoms with van der Waals surface area (Å²) >= 11 is 0. The molecule has 8 heteroatoms. The summed E-state index contributed by atoms with van der Waals surface area (Å²) in [5, 5.41) is 7.41. The number of aromatic nitrogens is 2. The number of hydrogen-bond donors (Lipinski definition) is 2. The van der Waals surface area contributed by atoms with E-state index in [2.05, 4.69) is 10.4 Å². The van der Waals surface area contributed by atoms with E-state index in [0.29, 0.717) is 36.6 Å². The molecule has 2 aromatic carbocycles. The van der Waals surface area contributed by atoms with Gasteiger partial charge in [-0.15, -0.1) is 0 Å². The second-order valence-electron chi connectivity index (χ2n) is 7.66. The summed E-state index contributed by atoms with van der Waals surface area (Å²) in [6, 6.07) is 13.9. The van der Waals surface area contributed by atoms with Crippen LogP contribution in [0, 0.1) is 12.7 Å². The number of carbonyl (C=O) groups is 2. The van der Waals surface area contributed by atoms with E-state index >= 15 is 0 Å². The van der Waals surface area contributed by atoms with Crippen molar-refractivity contribution < 1.29 is 14.0 Å². The molecule has 0 bridgehead atoms. The van der Waals surface area contributed by atoms with Crippen LogP contribution in [-0.2, 0) is 19.5 Å². The second kappa shape index (κ2) is 8.59. The molecular formula is C23H24FN5O2. The number of amides is 3. The van der Waals surface area contributed by atoms with Crippen LogP contribution in [0.15, 0.2) is 48.5 Å². The number of carbonyl (C=O) groups excluding carboxylic acids is 2. The molecule has 3 N–H and O–H groups in total. The van der Waals surface area contributed by atoms with E-state index in [1.807, 2.05) is 31.2 Å². The van der Waals surface area contributed by atoms with E-state index in [1.165, 1.54) is 17.7 Å². The highest BCUT2D eigenvalue weighted by Gasteiger charge is 2.29. The molecule has 4 rings (SSSR count). The third kappa shape index (κ3) is 4.42. The molecule has 0 saturated carbocycles. The first-order valence-corrected chi connectivity index (χ1v) is 10.2. The van der Waals surface area contributed by atoms with Crippen molar-refractivity contribution in [3.8, 4) is 11.3 Å². The maximum Gasteiger partial charge on any atom is 0.317 e. The minimum absolute atomic E-state index is 0.205. The molecule has 7 nitrogen and oxygen atoms in total. The third-order valence-electron chi connectivity index (χ3n) is 5.42. The highest BCUT2D eigenvalue weighted by Crippen LogP contribution is 2.28. The number of nitrogens with zero attached hydrogens (tertiary/aromatic N) is 3. The lowest BCUT2D eigenvalue weighted by molar-refractivity contribution is 0.0997. The number of benzene rings is 2. The first-order chi connectivity index (χ1) is 14.9. The Bertz CT molecular complexity index is 1120. The summed E-state index contributed by atoms with van der Waals surface area (Å²) in [6.45, 7) is 3.63. The lowest BCUT2D eigenvalue weighted by atomic mass is 10.0. The van der Waals surface area contributed by atoms with Gasteiger partial charge in [0, 0.05) is 18.7 Å². The Morgan fingerprint density at radius 1 is 1.16 bits per heavy atom. The third-order valence-corrected chi connectivity index (χ3v) is 5.42. The van der Waals surface area contributed by atoms with E-state index in [9.17, 15) is 14.0 Å². The quantitative estimate of drug-likeness (QED) is 0.663. The van der Waals surface area contributed by atoms with Gasteiger partial charge in [-0.25, -0.2) is 9.18 Å². The van der Waals surface area contributed by atoms with Crippen LogP contribution < -0.4 is 11.1 Å². The van der Waals surface area contributed by atoms with Crippen LogP contribution in [0.25, 0.3) is 11.3 Å². The van der Waals surface area contributed by atoms with Crippen molar-refractivity contribution in [1.82, 2.24) is 20.0 Å². The molecule has 3 amide bonds. The predicted octanol–water partition coefficient (Wildman–Crippen LogP) is 2.86. The van der Waals surface area contributed by atoms with Gasteiger partial charge in [0.05, 0.1) is 24.3 Å². The molecular weight excluding hydrogens is 397 g/mol. The van der Waals surface area contributed by atoms with E-state index in [0.717, 1.165) is 12.0 Å². The van der Waals surface area contributed by atoms with Crippen molar-refractivity contribution in [2.24, 2.45) is 5.73 Å². The van der Waals surface area contributed by atoms with Gasteiger partial charge in [-0.3, -0.25) is 9.48 Å². The summed E-state index contributed by atoms with van der Waals surface area (Å²) in [6.07, 6.45) is 0.730. The fourth-order valence-electron chi connectivity index (χ4n) is 3.77. The first-order valence-electron chi connectivity index (χ1n) is 10.2. The Kier molecular flexibility index (Phi) is 5.70. The zero-order chi connectivity index (χ0) is 22.0. The van der Waals surface area contributed by atoms with Crippen molar-refractivity contribution in [3.05, 3.63) is 76.7 Å². The lowest BCUT2D eigenvalue weighted by Crippen LogP contribution is -2.45. The van der Waals surface area contributed by atoms with E-state index in [-0.39, 0.29) is 18.1 Å². The number of primary amides is 1. The number of nitrogens with one attached hydrogen (secondary N) is 1. The van der Waals surface area contributed by atoms with Crippen molar-refractivity contribution in [1.29, 1.82) is 0 Å². The lowest BCUT2D eigenvalue weighted by Gasteiger charge is -2.28. The second-order valence-corrected chi connectivity index (χ2v) is 7.66. The van der Waals surface area contributed by atoms with Crippen LogP contribution in [0.5, 0.6) is 0 Å². The molecule has 1 aliphatic heterocycles. The highest BCUT2D eigenvalue weighted by atomic mass is 19.1. The molecule has 1 aliphatic rings. The normalized spacial score (nSPS) is 13.0. The summed E-state index contributed by atoms with van der Waals surface area (Å²) in [4.78, 5) is 26.5. The molecule has 0 spiro atoms. The van der Waals surface area contributed by atoms with Crippen LogP contribution in [-0.4, -0.2) is 39.7 Å². The van der Waals surface area contributed by atoms with Gasteiger partial charge in [0.25, 0.3) is 5.91 Å². The number of nitrogens with two attached hydrogens (primary N) is 1. The van der Waals surface area contributed by atoms with E-state index in [4.69, 9.17) is 5.73 Å². The van der Waals surface area contributed by atoms with Crippen LogP contribution in [0.3, 0.4) is 0 Å². The molecule has 0 unspecified atom stereocenters. The van der Waals surface area contributed by atoms with Crippen LogP contribution in [0.1, 0.15) is 27.2 Å². The Labute approximate surface area is 179 Å². The van der Waals surface area contributed by atoms with Gasteiger partial charge in [-0.1, -0.05) is 42.0 Å². The summed E-state index contributed by atoms with van der Waals surface area (Å²) in [7, 11) is 0. The summed E-state index contributed by atoms with van der Waals surface area (Å²) in [5.74, 6) is -1.07. The zero-order valence-corrected chi connectivity index (χ0v) is 17.3. The van der Waals surface area contributed by atoms with Crippen molar-refractivity contribution in [2.45, 2.75) is 26.4 Å². The van der Waals surface area contributed by atoms with Gasteiger partial charge in [0.15, 0.2) is 0 Å². The molecule has 0 saturated heterocycles. The zero-order valence-electron chi connectivity index (χ0n) is 17.3. The standard InChI is InChI=1S/C23H24FN5O2/c1-15-5-7-16(8-6-15)9-10-26-23(31)28-11-12-29-19(14-28)20(22(25)30)21(27-29)17-3-2-4-18(24)13-17/h2-8,13H,9-12,14H2,1H3,(H2,25,30)(H,26,31). The molecule has 2 heterocycles.